The van der Waals surface area contributed by atoms with Crippen LogP contribution in [0.5, 0.6) is 11.5 Å². The number of hydrogen-bond acceptors (Lipinski definition) is 2. The van der Waals surface area contributed by atoms with Gasteiger partial charge in [0.2, 0.25) is 5.69 Å². The van der Waals surface area contributed by atoms with Gasteiger partial charge in [-0.25, -0.2) is 4.57 Å². The first-order valence-corrected chi connectivity index (χ1v) is 6.09. The first-order valence-electron chi connectivity index (χ1n) is 6.09. The summed E-state index contributed by atoms with van der Waals surface area (Å²) in [6.07, 6.45) is 6.11. The molecule has 0 atom stereocenters. The monoisotopic (exact) mass is 256 g/mol. The van der Waals surface area contributed by atoms with Crippen molar-refractivity contribution in [2.45, 2.75) is 0 Å². The fraction of sp³-hybridized carbons (Fsp3) is 0.188. The molecule has 0 saturated heterocycles. The third-order valence-electron chi connectivity index (χ3n) is 2.97. The maximum Gasteiger partial charge on any atom is 0.204 e. The van der Waals surface area contributed by atoms with E-state index in [0.717, 1.165) is 22.8 Å². The molecule has 0 unspecified atom stereocenters. The predicted octanol–water partition coefficient (Wildman–Crippen LogP) is 2.70. The molecule has 3 heteroatoms. The van der Waals surface area contributed by atoms with Crippen LogP contribution in [-0.2, 0) is 7.05 Å². The molecule has 98 valence electrons. The molecule has 1 aromatic heterocycles. The van der Waals surface area contributed by atoms with E-state index in [1.807, 2.05) is 49.7 Å². The zero-order chi connectivity index (χ0) is 13.7. The average molecular weight is 256 g/mol. The Kier molecular flexibility index (Phi) is 4.18. The number of rotatable bonds is 4. The normalized spacial score (nSPS) is 10.7. The summed E-state index contributed by atoms with van der Waals surface area (Å²) in [5.41, 5.74) is 2.15. The van der Waals surface area contributed by atoms with Gasteiger partial charge in [-0.2, -0.15) is 0 Å². The lowest BCUT2D eigenvalue weighted by atomic mass is 10.1. The fourth-order valence-corrected chi connectivity index (χ4v) is 1.84. The lowest BCUT2D eigenvalue weighted by Crippen LogP contribution is -2.30. The minimum atomic E-state index is 0.791. The Morgan fingerprint density at radius 1 is 1.00 bits per heavy atom. The van der Waals surface area contributed by atoms with E-state index in [-0.39, 0.29) is 0 Å². The number of aryl methyl sites for hydroxylation is 1. The number of nitrogens with zero attached hydrogens (tertiary/aromatic N) is 1. The largest absolute Gasteiger partial charge is 0.497 e. The minimum Gasteiger partial charge on any atom is -0.497 e. The fourth-order valence-electron chi connectivity index (χ4n) is 1.84. The molecule has 19 heavy (non-hydrogen) atoms. The Bertz CT molecular complexity index is 591. The maximum absolute atomic E-state index is 5.37. The summed E-state index contributed by atoms with van der Waals surface area (Å²) in [5.74, 6) is 1.59. The van der Waals surface area contributed by atoms with Crippen molar-refractivity contribution in [1.29, 1.82) is 0 Å². The van der Waals surface area contributed by atoms with Gasteiger partial charge in [0.25, 0.3) is 0 Å². The molecule has 0 amide bonds. The van der Waals surface area contributed by atoms with E-state index >= 15 is 0 Å². The van der Waals surface area contributed by atoms with Gasteiger partial charge in [-0.05, 0) is 24.3 Å². The van der Waals surface area contributed by atoms with Crippen LogP contribution in [0.4, 0.5) is 0 Å². The van der Waals surface area contributed by atoms with Crippen LogP contribution in [0.25, 0.3) is 12.2 Å². The highest BCUT2D eigenvalue weighted by molar-refractivity contribution is 5.71. The minimum absolute atomic E-state index is 0.791. The summed E-state index contributed by atoms with van der Waals surface area (Å²) in [6.45, 7) is 0. The smallest absolute Gasteiger partial charge is 0.204 e. The van der Waals surface area contributed by atoms with Crippen molar-refractivity contribution >= 4 is 12.2 Å². The molecule has 0 bridgehead atoms. The first kappa shape index (κ1) is 13.1. The highest BCUT2D eigenvalue weighted by Crippen LogP contribution is 2.25. The SMILES string of the molecule is COc1ccc(/C=C/c2cccc[n+]2C)c(OC)c1. The molecule has 3 nitrogen and oxygen atoms in total. The second-order valence-corrected chi connectivity index (χ2v) is 4.18. The molecular weight excluding hydrogens is 238 g/mol. The van der Waals surface area contributed by atoms with Crippen molar-refractivity contribution < 1.29 is 14.0 Å². The van der Waals surface area contributed by atoms with Crippen molar-refractivity contribution in [3.8, 4) is 11.5 Å². The quantitative estimate of drug-likeness (QED) is 0.785. The van der Waals surface area contributed by atoms with E-state index in [2.05, 4.69) is 16.7 Å². The molecule has 0 spiro atoms. The second kappa shape index (κ2) is 6.05. The highest BCUT2D eigenvalue weighted by Gasteiger charge is 2.04. The van der Waals surface area contributed by atoms with E-state index in [9.17, 15) is 0 Å². The van der Waals surface area contributed by atoms with Crippen molar-refractivity contribution in [3.63, 3.8) is 0 Å². The average Bonchev–Trinajstić information content (AvgIpc) is 2.46. The lowest BCUT2D eigenvalue weighted by Gasteiger charge is -2.07. The molecule has 0 aliphatic heterocycles. The van der Waals surface area contributed by atoms with Crippen LogP contribution in [0, 0.1) is 0 Å². The standard InChI is InChI=1S/C16H18NO2/c1-17-11-5-4-6-14(17)9-7-13-8-10-15(18-2)12-16(13)19-3/h4-12H,1-3H3/q+1/b9-7+. The molecule has 2 aromatic rings. The van der Waals surface area contributed by atoms with Gasteiger partial charge in [0.1, 0.15) is 18.5 Å². The Morgan fingerprint density at radius 3 is 2.53 bits per heavy atom. The second-order valence-electron chi connectivity index (χ2n) is 4.18. The number of pyridine rings is 1. The van der Waals surface area contributed by atoms with E-state index in [0.29, 0.717) is 0 Å². The summed E-state index contributed by atoms with van der Waals surface area (Å²) in [6, 6.07) is 11.9. The molecule has 1 aromatic carbocycles. The van der Waals surface area contributed by atoms with Crippen molar-refractivity contribution in [1.82, 2.24) is 0 Å². The van der Waals surface area contributed by atoms with E-state index in [1.54, 1.807) is 14.2 Å². The van der Waals surface area contributed by atoms with E-state index in [4.69, 9.17) is 9.47 Å². The van der Waals surface area contributed by atoms with Crippen molar-refractivity contribution in [3.05, 3.63) is 53.9 Å². The molecular formula is C16H18NO2+. The number of ether oxygens (including phenoxy) is 2. The van der Waals surface area contributed by atoms with Crippen LogP contribution in [0.2, 0.25) is 0 Å². The summed E-state index contributed by atoms with van der Waals surface area (Å²) >= 11 is 0. The molecule has 0 saturated carbocycles. The Balaban J connectivity index is 2.30. The van der Waals surface area contributed by atoms with Gasteiger partial charge in [-0.3, -0.25) is 0 Å². The molecule has 0 N–H and O–H groups in total. The zero-order valence-corrected chi connectivity index (χ0v) is 11.5. The van der Waals surface area contributed by atoms with Gasteiger partial charge in [0.05, 0.1) is 14.2 Å². The van der Waals surface area contributed by atoms with Gasteiger partial charge in [-0.1, -0.05) is 0 Å². The van der Waals surface area contributed by atoms with Crippen LogP contribution in [-0.4, -0.2) is 14.2 Å². The van der Waals surface area contributed by atoms with Gasteiger partial charge in [-0.15, -0.1) is 0 Å². The number of benzene rings is 1. The molecule has 0 fully saturated rings. The molecule has 0 radical (unpaired) electrons. The Morgan fingerprint density at radius 2 is 1.84 bits per heavy atom. The van der Waals surface area contributed by atoms with Crippen LogP contribution in [0.3, 0.4) is 0 Å². The zero-order valence-electron chi connectivity index (χ0n) is 11.5. The van der Waals surface area contributed by atoms with E-state index in [1.165, 1.54) is 0 Å². The maximum atomic E-state index is 5.37. The van der Waals surface area contributed by atoms with Gasteiger partial charge in [0, 0.05) is 29.8 Å². The van der Waals surface area contributed by atoms with E-state index < -0.39 is 0 Å². The molecule has 0 aliphatic carbocycles. The predicted molar refractivity (Wildman–Crippen MR) is 76.1 cm³/mol. The van der Waals surface area contributed by atoms with Crippen LogP contribution < -0.4 is 14.0 Å². The van der Waals surface area contributed by atoms with Crippen LogP contribution in [0.15, 0.2) is 42.6 Å². The van der Waals surface area contributed by atoms with Crippen LogP contribution >= 0.6 is 0 Å². The Hall–Kier alpha value is -2.29. The summed E-state index contributed by atoms with van der Waals surface area (Å²) in [7, 11) is 5.33. The molecule has 1 heterocycles. The summed E-state index contributed by atoms with van der Waals surface area (Å²) < 4.78 is 12.6. The van der Waals surface area contributed by atoms with Crippen LogP contribution in [0.1, 0.15) is 11.3 Å². The van der Waals surface area contributed by atoms with Gasteiger partial charge in [0.15, 0.2) is 6.20 Å². The Labute approximate surface area is 113 Å². The van der Waals surface area contributed by atoms with Crippen molar-refractivity contribution in [2.24, 2.45) is 7.05 Å². The third kappa shape index (κ3) is 3.13. The number of methoxy groups -OCH3 is 2. The third-order valence-corrected chi connectivity index (χ3v) is 2.97. The number of aromatic nitrogens is 1. The van der Waals surface area contributed by atoms with Crippen molar-refractivity contribution in [2.75, 3.05) is 14.2 Å². The number of hydrogen-bond donors (Lipinski definition) is 0. The first-order chi connectivity index (χ1) is 9.24. The summed E-state index contributed by atoms with van der Waals surface area (Å²) in [4.78, 5) is 0. The molecule has 0 aliphatic rings. The lowest BCUT2D eigenvalue weighted by molar-refractivity contribution is -0.673. The highest BCUT2D eigenvalue weighted by atomic mass is 16.5. The van der Waals surface area contributed by atoms with Gasteiger partial charge < -0.3 is 9.47 Å². The summed E-state index contributed by atoms with van der Waals surface area (Å²) in [5, 5.41) is 0. The van der Waals surface area contributed by atoms with Gasteiger partial charge >= 0.3 is 0 Å². The topological polar surface area (TPSA) is 22.3 Å². The molecule has 2 rings (SSSR count).